The van der Waals surface area contributed by atoms with Crippen molar-refractivity contribution in [3.05, 3.63) is 35.6 Å². The third kappa shape index (κ3) is 3.34. The molecule has 2 aromatic rings. The van der Waals surface area contributed by atoms with Crippen LogP contribution >= 0.6 is 0 Å². The highest BCUT2D eigenvalue weighted by molar-refractivity contribution is 5.82. The van der Waals surface area contributed by atoms with E-state index in [1.54, 1.807) is 0 Å². The average Bonchev–Trinajstić information content (AvgIpc) is 2.90. The van der Waals surface area contributed by atoms with Crippen molar-refractivity contribution in [2.75, 3.05) is 0 Å². The molecule has 0 saturated heterocycles. The molecule has 1 heterocycles. The monoisotopic (exact) mass is 329 g/mol. The first-order valence-electron chi connectivity index (χ1n) is 8.94. The van der Waals surface area contributed by atoms with E-state index in [-0.39, 0.29) is 12.0 Å². The van der Waals surface area contributed by atoms with Crippen molar-refractivity contribution in [1.29, 1.82) is 0 Å². The largest absolute Gasteiger partial charge is 0.481 e. The first-order valence-corrected chi connectivity index (χ1v) is 8.94. The summed E-state index contributed by atoms with van der Waals surface area (Å²) in [5, 5.41) is 14.1. The first-order chi connectivity index (χ1) is 11.5. The number of aryl methyl sites for hydroxylation is 1. The zero-order valence-electron chi connectivity index (χ0n) is 14.7. The van der Waals surface area contributed by atoms with Crippen molar-refractivity contribution >= 4 is 16.9 Å². The molecule has 0 aliphatic heterocycles. The van der Waals surface area contributed by atoms with Crippen molar-refractivity contribution in [3.8, 4) is 0 Å². The van der Waals surface area contributed by atoms with Gasteiger partial charge in [0.2, 0.25) is 0 Å². The van der Waals surface area contributed by atoms with E-state index in [4.69, 9.17) is 9.52 Å². The lowest BCUT2D eigenvalue weighted by atomic mass is 9.85. The molecular weight excluding hydrogens is 302 g/mol. The van der Waals surface area contributed by atoms with Crippen molar-refractivity contribution in [3.63, 3.8) is 0 Å². The van der Waals surface area contributed by atoms with Crippen molar-refractivity contribution in [1.82, 2.24) is 5.32 Å². The Balaban J connectivity index is 1.78. The minimum absolute atomic E-state index is 0.156. The molecule has 1 saturated carbocycles. The molecule has 24 heavy (non-hydrogen) atoms. The number of benzene rings is 1. The molecule has 0 radical (unpaired) electrons. The molecule has 1 fully saturated rings. The zero-order valence-corrected chi connectivity index (χ0v) is 14.7. The number of carbonyl (C=O) groups is 1. The second-order valence-corrected chi connectivity index (χ2v) is 7.36. The number of rotatable bonds is 5. The quantitative estimate of drug-likeness (QED) is 0.836. The summed E-state index contributed by atoms with van der Waals surface area (Å²) in [6, 6.07) is 8.68. The van der Waals surface area contributed by atoms with Gasteiger partial charge in [0.1, 0.15) is 11.3 Å². The van der Waals surface area contributed by atoms with Gasteiger partial charge in [-0.1, -0.05) is 32.0 Å². The summed E-state index contributed by atoms with van der Waals surface area (Å²) in [5.41, 5.74) is 2.14. The van der Waals surface area contributed by atoms with Crippen LogP contribution in [0.2, 0.25) is 0 Å². The molecule has 1 aliphatic rings. The van der Waals surface area contributed by atoms with Gasteiger partial charge in [-0.15, -0.1) is 0 Å². The van der Waals surface area contributed by atoms with Crippen molar-refractivity contribution in [2.45, 2.75) is 58.5 Å². The van der Waals surface area contributed by atoms with Crippen LogP contribution in [0.5, 0.6) is 0 Å². The minimum Gasteiger partial charge on any atom is -0.481 e. The van der Waals surface area contributed by atoms with Gasteiger partial charge in [-0.3, -0.25) is 4.79 Å². The molecule has 4 nitrogen and oxygen atoms in total. The number of hydrogen-bond donors (Lipinski definition) is 2. The van der Waals surface area contributed by atoms with E-state index in [1.807, 2.05) is 18.2 Å². The van der Waals surface area contributed by atoms with Gasteiger partial charge in [-0.25, -0.2) is 0 Å². The van der Waals surface area contributed by atoms with Gasteiger partial charge in [-0.2, -0.15) is 0 Å². The van der Waals surface area contributed by atoms with E-state index in [9.17, 15) is 4.79 Å². The van der Waals surface area contributed by atoms with E-state index in [2.05, 4.69) is 32.2 Å². The van der Waals surface area contributed by atoms with E-state index < -0.39 is 5.97 Å². The Kier molecular flexibility index (Phi) is 4.95. The van der Waals surface area contributed by atoms with Crippen LogP contribution in [0.3, 0.4) is 0 Å². The highest BCUT2D eigenvalue weighted by Crippen LogP contribution is 2.34. The van der Waals surface area contributed by atoms with Gasteiger partial charge >= 0.3 is 5.97 Å². The van der Waals surface area contributed by atoms with Gasteiger partial charge < -0.3 is 14.8 Å². The van der Waals surface area contributed by atoms with Gasteiger partial charge in [0, 0.05) is 11.4 Å². The lowest BCUT2D eigenvalue weighted by Crippen LogP contribution is -2.39. The SMILES string of the molecule is Cc1c(C(NC2CCC(C(=O)O)CC2)C(C)C)oc2ccccc12. The summed E-state index contributed by atoms with van der Waals surface area (Å²) in [5.74, 6) is 0.600. The Morgan fingerprint density at radius 3 is 2.46 bits per heavy atom. The molecule has 130 valence electrons. The van der Waals surface area contributed by atoms with Crippen LogP contribution in [-0.2, 0) is 4.79 Å². The van der Waals surface area contributed by atoms with Crippen molar-refractivity contribution < 1.29 is 14.3 Å². The second kappa shape index (κ2) is 6.98. The van der Waals surface area contributed by atoms with Crippen molar-refractivity contribution in [2.24, 2.45) is 11.8 Å². The lowest BCUT2D eigenvalue weighted by Gasteiger charge is -2.32. The van der Waals surface area contributed by atoms with E-state index in [0.29, 0.717) is 12.0 Å². The number of hydrogen-bond acceptors (Lipinski definition) is 3. The van der Waals surface area contributed by atoms with Crippen LogP contribution in [0.4, 0.5) is 0 Å². The molecular formula is C20H27NO3. The number of nitrogens with one attached hydrogen (secondary N) is 1. The van der Waals surface area contributed by atoms with E-state index in [0.717, 1.165) is 37.0 Å². The predicted molar refractivity (Wildman–Crippen MR) is 95.0 cm³/mol. The van der Waals surface area contributed by atoms with Gasteiger partial charge in [0.25, 0.3) is 0 Å². The van der Waals surface area contributed by atoms with Crippen LogP contribution in [0.15, 0.2) is 28.7 Å². The molecule has 1 aliphatic carbocycles. The summed E-state index contributed by atoms with van der Waals surface area (Å²) >= 11 is 0. The zero-order chi connectivity index (χ0) is 17.3. The summed E-state index contributed by atoms with van der Waals surface area (Å²) in [6.45, 7) is 6.53. The van der Waals surface area contributed by atoms with E-state index in [1.165, 1.54) is 10.9 Å². The topological polar surface area (TPSA) is 62.5 Å². The van der Waals surface area contributed by atoms with Gasteiger partial charge in [0.15, 0.2) is 0 Å². The number of fused-ring (bicyclic) bond motifs is 1. The fourth-order valence-corrected chi connectivity index (χ4v) is 3.82. The summed E-state index contributed by atoms with van der Waals surface area (Å²) < 4.78 is 6.17. The molecule has 0 spiro atoms. The number of para-hydroxylation sites is 1. The summed E-state index contributed by atoms with van der Waals surface area (Å²) in [7, 11) is 0. The molecule has 1 aromatic carbocycles. The second-order valence-electron chi connectivity index (χ2n) is 7.36. The molecule has 2 N–H and O–H groups in total. The molecule has 1 unspecified atom stereocenters. The number of furan rings is 1. The molecule has 3 rings (SSSR count). The number of carboxylic acid groups (broad SMARTS) is 1. The van der Waals surface area contributed by atoms with Gasteiger partial charge in [0.05, 0.1) is 12.0 Å². The normalized spacial score (nSPS) is 22.8. The standard InChI is InChI=1S/C20H27NO3/c1-12(2)18(21-15-10-8-14(9-11-15)20(22)23)19-13(3)16-6-4-5-7-17(16)24-19/h4-7,12,14-15,18,21H,8-11H2,1-3H3,(H,22,23). The maximum atomic E-state index is 11.1. The Morgan fingerprint density at radius 2 is 1.88 bits per heavy atom. The third-order valence-electron chi connectivity index (χ3n) is 5.32. The Bertz CT molecular complexity index is 711. The minimum atomic E-state index is -0.651. The Morgan fingerprint density at radius 1 is 1.21 bits per heavy atom. The lowest BCUT2D eigenvalue weighted by molar-refractivity contribution is -0.142. The average molecular weight is 329 g/mol. The van der Waals surface area contributed by atoms with Crippen LogP contribution in [0, 0.1) is 18.8 Å². The highest BCUT2D eigenvalue weighted by atomic mass is 16.4. The Labute approximate surface area is 143 Å². The van der Waals surface area contributed by atoms with Gasteiger partial charge in [-0.05, 0) is 50.2 Å². The maximum absolute atomic E-state index is 11.1. The fourth-order valence-electron chi connectivity index (χ4n) is 3.82. The predicted octanol–water partition coefficient (Wildman–Crippen LogP) is 4.67. The Hall–Kier alpha value is -1.81. The summed E-state index contributed by atoms with van der Waals surface area (Å²) in [6.07, 6.45) is 3.35. The van der Waals surface area contributed by atoms with E-state index >= 15 is 0 Å². The molecule has 0 amide bonds. The van der Waals surface area contributed by atoms with Crippen LogP contribution in [0.1, 0.15) is 56.9 Å². The van der Waals surface area contributed by atoms with Crippen LogP contribution in [-0.4, -0.2) is 17.1 Å². The van der Waals surface area contributed by atoms with Crippen LogP contribution in [0.25, 0.3) is 11.0 Å². The highest BCUT2D eigenvalue weighted by Gasteiger charge is 2.30. The fraction of sp³-hybridized carbons (Fsp3) is 0.550. The molecule has 1 atom stereocenters. The molecule has 1 aromatic heterocycles. The third-order valence-corrected chi connectivity index (χ3v) is 5.32. The number of carboxylic acids is 1. The maximum Gasteiger partial charge on any atom is 0.306 e. The molecule has 0 bridgehead atoms. The smallest absolute Gasteiger partial charge is 0.306 e. The summed E-state index contributed by atoms with van der Waals surface area (Å²) in [4.78, 5) is 11.1. The van der Waals surface area contributed by atoms with Crippen LogP contribution < -0.4 is 5.32 Å². The number of aliphatic carboxylic acids is 1. The first kappa shape index (κ1) is 17.0. The molecule has 4 heteroatoms.